The Bertz CT molecular complexity index is 805. The van der Waals surface area contributed by atoms with Crippen LogP contribution in [0.25, 0.3) is 16.9 Å². The molecule has 0 unspecified atom stereocenters. The fraction of sp³-hybridized carbons (Fsp3) is 0.231. The number of hydrogen-bond donors (Lipinski definition) is 1. The van der Waals surface area contributed by atoms with Crippen LogP contribution in [0, 0.1) is 5.82 Å². The van der Waals surface area contributed by atoms with Gasteiger partial charge in [-0.1, -0.05) is 6.92 Å². The van der Waals surface area contributed by atoms with Crippen LogP contribution in [0.15, 0.2) is 22.7 Å². The molecular weight excluding hydrogens is 325 g/mol. The summed E-state index contributed by atoms with van der Waals surface area (Å²) < 4.78 is 17.7. The van der Waals surface area contributed by atoms with Gasteiger partial charge in [-0.25, -0.2) is 14.1 Å². The van der Waals surface area contributed by atoms with Crippen LogP contribution in [0.1, 0.15) is 12.6 Å². The first kappa shape index (κ1) is 13.1. The third-order valence-corrected chi connectivity index (χ3v) is 3.88. The van der Waals surface area contributed by atoms with E-state index in [1.807, 2.05) is 14.0 Å². The maximum Gasteiger partial charge on any atom is 0.207 e. The highest BCUT2D eigenvalue weighted by molar-refractivity contribution is 9.10. The van der Waals surface area contributed by atoms with E-state index in [1.165, 1.54) is 12.1 Å². The van der Waals surface area contributed by atoms with Crippen LogP contribution in [0.4, 0.5) is 10.3 Å². The minimum absolute atomic E-state index is 0.314. The number of fused-ring (bicyclic) bond motifs is 1. The predicted octanol–water partition coefficient (Wildman–Crippen LogP) is 2.81. The first-order valence-electron chi connectivity index (χ1n) is 6.18. The number of aromatic nitrogens is 4. The topological polar surface area (TPSA) is 61.7 Å². The minimum atomic E-state index is -0.331. The number of rotatable bonds is 2. The summed E-state index contributed by atoms with van der Waals surface area (Å²) in [5.41, 5.74) is 9.00. The molecule has 7 heteroatoms. The molecule has 0 saturated carbocycles. The molecule has 3 rings (SSSR count). The van der Waals surface area contributed by atoms with E-state index in [0.717, 1.165) is 27.8 Å². The summed E-state index contributed by atoms with van der Waals surface area (Å²) in [4.78, 5) is 4.37. The van der Waals surface area contributed by atoms with E-state index in [2.05, 4.69) is 26.0 Å². The summed E-state index contributed by atoms with van der Waals surface area (Å²) in [5.74, 6) is -0.0173. The van der Waals surface area contributed by atoms with E-state index < -0.39 is 0 Å². The Morgan fingerprint density at radius 3 is 2.85 bits per heavy atom. The zero-order valence-electron chi connectivity index (χ0n) is 11.1. The summed E-state index contributed by atoms with van der Waals surface area (Å²) in [6, 6.07) is 4.45. The molecule has 104 valence electrons. The first-order valence-corrected chi connectivity index (χ1v) is 6.97. The van der Waals surface area contributed by atoms with Gasteiger partial charge in [-0.05, 0) is 40.5 Å². The Balaban J connectivity index is 2.39. The number of hydrogen-bond acceptors (Lipinski definition) is 3. The van der Waals surface area contributed by atoms with Crippen LogP contribution >= 0.6 is 15.9 Å². The van der Waals surface area contributed by atoms with E-state index in [4.69, 9.17) is 5.73 Å². The first-order chi connectivity index (χ1) is 9.52. The van der Waals surface area contributed by atoms with Gasteiger partial charge in [0.25, 0.3) is 0 Å². The average Bonchev–Trinajstić information content (AvgIpc) is 2.90. The van der Waals surface area contributed by atoms with Gasteiger partial charge < -0.3 is 5.73 Å². The molecule has 3 aromatic rings. The molecule has 0 fully saturated rings. The lowest BCUT2D eigenvalue weighted by Crippen LogP contribution is -2.06. The molecule has 0 saturated heterocycles. The summed E-state index contributed by atoms with van der Waals surface area (Å²) in [7, 11) is 1.83. The summed E-state index contributed by atoms with van der Waals surface area (Å²) in [5, 5.41) is 4.42. The SMILES string of the molecule is CCc1nn(C)c2c1nc(N)n2-c1cc(F)ccc1Br. The molecule has 0 radical (unpaired) electrons. The second kappa shape index (κ2) is 4.59. The van der Waals surface area contributed by atoms with Gasteiger partial charge in [0, 0.05) is 11.5 Å². The van der Waals surface area contributed by atoms with Gasteiger partial charge in [-0.3, -0.25) is 4.57 Å². The zero-order valence-corrected chi connectivity index (χ0v) is 12.6. The van der Waals surface area contributed by atoms with Crippen molar-refractivity contribution < 1.29 is 4.39 Å². The molecule has 0 aliphatic carbocycles. The highest BCUT2D eigenvalue weighted by Crippen LogP contribution is 2.30. The van der Waals surface area contributed by atoms with E-state index in [9.17, 15) is 4.39 Å². The minimum Gasteiger partial charge on any atom is -0.369 e. The fourth-order valence-corrected chi connectivity index (χ4v) is 2.75. The van der Waals surface area contributed by atoms with E-state index in [-0.39, 0.29) is 5.82 Å². The molecule has 1 aromatic carbocycles. The molecule has 0 aliphatic heterocycles. The molecule has 0 bridgehead atoms. The maximum atomic E-state index is 13.5. The van der Waals surface area contributed by atoms with Crippen molar-refractivity contribution >= 4 is 33.0 Å². The molecule has 0 amide bonds. The molecule has 20 heavy (non-hydrogen) atoms. The van der Waals surface area contributed by atoms with Gasteiger partial charge in [0.1, 0.15) is 11.3 Å². The summed E-state index contributed by atoms with van der Waals surface area (Å²) in [6.45, 7) is 2.01. The van der Waals surface area contributed by atoms with Crippen LogP contribution in [0.5, 0.6) is 0 Å². The van der Waals surface area contributed by atoms with E-state index in [1.54, 1.807) is 15.3 Å². The highest BCUT2D eigenvalue weighted by atomic mass is 79.9. The molecule has 2 heterocycles. The van der Waals surface area contributed by atoms with Crippen molar-refractivity contribution in [2.24, 2.45) is 7.05 Å². The lowest BCUT2D eigenvalue weighted by molar-refractivity contribution is 0.626. The van der Waals surface area contributed by atoms with Gasteiger partial charge in [0.15, 0.2) is 5.65 Å². The van der Waals surface area contributed by atoms with Crippen molar-refractivity contribution in [3.63, 3.8) is 0 Å². The molecule has 0 atom stereocenters. The van der Waals surface area contributed by atoms with Crippen LogP contribution in [0.2, 0.25) is 0 Å². The Hall–Kier alpha value is -1.89. The standard InChI is InChI=1S/C13H13BrFN5/c1-3-9-11-12(19(2)18-9)20(13(16)17-11)10-6-7(15)4-5-8(10)14/h4-6H,3H2,1-2H3,(H2,16,17). The van der Waals surface area contributed by atoms with Gasteiger partial charge >= 0.3 is 0 Å². The number of nitrogens with two attached hydrogens (primary N) is 1. The zero-order chi connectivity index (χ0) is 14.4. The summed E-state index contributed by atoms with van der Waals surface area (Å²) >= 11 is 3.42. The van der Waals surface area contributed by atoms with Crippen molar-refractivity contribution in [3.8, 4) is 5.69 Å². The monoisotopic (exact) mass is 337 g/mol. The van der Waals surface area contributed by atoms with Crippen LogP contribution in [0.3, 0.4) is 0 Å². The normalized spacial score (nSPS) is 11.4. The Labute approximate surface area is 123 Å². The second-order valence-corrected chi connectivity index (χ2v) is 5.35. The summed E-state index contributed by atoms with van der Waals surface area (Å²) in [6.07, 6.45) is 0.762. The third-order valence-electron chi connectivity index (χ3n) is 3.21. The Morgan fingerprint density at radius 1 is 1.40 bits per heavy atom. The number of anilines is 1. The Kier molecular flexibility index (Phi) is 3.01. The smallest absolute Gasteiger partial charge is 0.207 e. The predicted molar refractivity (Wildman–Crippen MR) is 79.3 cm³/mol. The fourth-order valence-electron chi connectivity index (χ4n) is 2.33. The van der Waals surface area contributed by atoms with Crippen molar-refractivity contribution in [2.45, 2.75) is 13.3 Å². The molecule has 5 nitrogen and oxygen atoms in total. The number of nitrogen functional groups attached to an aromatic ring is 1. The van der Waals surface area contributed by atoms with Crippen LogP contribution < -0.4 is 5.73 Å². The lowest BCUT2D eigenvalue weighted by atomic mass is 10.3. The van der Waals surface area contributed by atoms with E-state index >= 15 is 0 Å². The number of nitrogens with zero attached hydrogens (tertiary/aromatic N) is 4. The van der Waals surface area contributed by atoms with Gasteiger partial charge in [-0.2, -0.15) is 5.10 Å². The second-order valence-electron chi connectivity index (χ2n) is 4.50. The largest absolute Gasteiger partial charge is 0.369 e. The van der Waals surface area contributed by atoms with Crippen molar-refractivity contribution in [2.75, 3.05) is 5.73 Å². The lowest BCUT2D eigenvalue weighted by Gasteiger charge is -2.09. The molecule has 2 N–H and O–H groups in total. The van der Waals surface area contributed by atoms with Gasteiger partial charge in [0.2, 0.25) is 5.95 Å². The van der Waals surface area contributed by atoms with E-state index in [0.29, 0.717) is 11.6 Å². The third kappa shape index (κ3) is 1.81. The molecule has 0 spiro atoms. The Morgan fingerprint density at radius 2 is 2.15 bits per heavy atom. The maximum absolute atomic E-state index is 13.5. The highest BCUT2D eigenvalue weighted by Gasteiger charge is 2.19. The van der Waals surface area contributed by atoms with Crippen LogP contribution in [-0.4, -0.2) is 19.3 Å². The molecule has 0 aliphatic rings. The van der Waals surface area contributed by atoms with Crippen molar-refractivity contribution in [1.82, 2.24) is 19.3 Å². The molecular formula is C13H13BrFN5. The van der Waals surface area contributed by atoms with Crippen molar-refractivity contribution in [1.29, 1.82) is 0 Å². The average molecular weight is 338 g/mol. The van der Waals surface area contributed by atoms with Gasteiger partial charge in [-0.15, -0.1) is 0 Å². The number of halogens is 2. The number of benzene rings is 1. The van der Waals surface area contributed by atoms with Crippen LogP contribution in [-0.2, 0) is 13.5 Å². The molecule has 2 aromatic heterocycles. The number of aryl methyl sites for hydroxylation is 2. The van der Waals surface area contributed by atoms with Crippen molar-refractivity contribution in [3.05, 3.63) is 34.2 Å². The van der Waals surface area contributed by atoms with Gasteiger partial charge in [0.05, 0.1) is 11.4 Å². The quantitative estimate of drug-likeness (QED) is 0.782. The number of imidazole rings is 1.